The lowest BCUT2D eigenvalue weighted by Crippen LogP contribution is -2.15. The van der Waals surface area contributed by atoms with Gasteiger partial charge in [0, 0.05) is 6.54 Å². The Morgan fingerprint density at radius 1 is 1.29 bits per heavy atom. The predicted molar refractivity (Wildman–Crippen MR) is 55.2 cm³/mol. The minimum Gasteiger partial charge on any atom is -0.355 e. The van der Waals surface area contributed by atoms with E-state index in [0.717, 1.165) is 0 Å². The molecule has 0 bridgehead atoms. The normalized spacial score (nSPS) is 12.0. The van der Waals surface area contributed by atoms with Crippen molar-refractivity contribution in [3.63, 3.8) is 0 Å². The molecule has 0 amide bonds. The molecule has 17 heavy (non-hydrogen) atoms. The van der Waals surface area contributed by atoms with Crippen molar-refractivity contribution in [1.82, 2.24) is 9.97 Å². The van der Waals surface area contributed by atoms with Crippen LogP contribution in [-0.4, -0.2) is 22.7 Å². The first kappa shape index (κ1) is 11.7. The second-order valence-electron chi connectivity index (χ2n) is 3.54. The molecule has 3 nitrogen and oxygen atoms in total. The van der Waals surface area contributed by atoms with Crippen LogP contribution in [0.1, 0.15) is 6.42 Å². The number of aromatic amines is 1. The lowest BCUT2D eigenvalue weighted by Gasteiger charge is -2.05. The molecular weight excluding hydrogens is 238 g/mol. The van der Waals surface area contributed by atoms with E-state index in [4.69, 9.17) is 0 Å². The zero-order valence-electron chi connectivity index (χ0n) is 8.61. The fraction of sp³-hybridized carbons (Fsp3) is 0.300. The lowest BCUT2D eigenvalue weighted by atomic mass is 10.3. The number of nitrogens with one attached hydrogen (secondary N) is 2. The number of H-pyrrole nitrogens is 1. The first-order chi connectivity index (χ1) is 7.94. The first-order valence-corrected chi connectivity index (χ1v) is 4.90. The Balaban J connectivity index is 2.05. The predicted octanol–water partition coefficient (Wildman–Crippen LogP) is 3.07. The molecule has 1 aromatic heterocycles. The molecule has 0 radical (unpaired) electrons. The fourth-order valence-corrected chi connectivity index (χ4v) is 1.39. The van der Waals surface area contributed by atoms with E-state index in [0.29, 0.717) is 11.0 Å². The molecule has 7 heteroatoms. The van der Waals surface area contributed by atoms with Gasteiger partial charge in [0.05, 0.1) is 17.5 Å². The van der Waals surface area contributed by atoms with E-state index >= 15 is 0 Å². The minimum absolute atomic E-state index is 0.204. The Hall–Kier alpha value is -1.79. The smallest absolute Gasteiger partial charge is 0.355 e. The van der Waals surface area contributed by atoms with Gasteiger partial charge in [-0.15, -0.1) is 0 Å². The number of aromatic nitrogens is 2. The molecule has 0 fully saturated rings. The molecule has 2 aromatic rings. The average molecular weight is 247 g/mol. The van der Waals surface area contributed by atoms with Crippen LogP contribution in [0.4, 0.5) is 23.5 Å². The molecular formula is C10H9F4N3. The summed E-state index contributed by atoms with van der Waals surface area (Å²) in [4.78, 5) is 6.67. The van der Waals surface area contributed by atoms with Gasteiger partial charge in [0.15, 0.2) is 0 Å². The van der Waals surface area contributed by atoms with Crippen molar-refractivity contribution in [3.8, 4) is 0 Å². The molecule has 2 N–H and O–H groups in total. The van der Waals surface area contributed by atoms with E-state index < -0.39 is 18.4 Å². The molecule has 92 valence electrons. The zero-order valence-corrected chi connectivity index (χ0v) is 8.61. The highest BCUT2D eigenvalue weighted by Gasteiger charge is 2.26. The summed E-state index contributed by atoms with van der Waals surface area (Å²) in [6, 6.07) is 3.93. The second kappa shape index (κ2) is 4.23. The van der Waals surface area contributed by atoms with Crippen LogP contribution in [0.5, 0.6) is 0 Å². The summed E-state index contributed by atoms with van der Waals surface area (Å²) in [7, 11) is 0. The molecule has 0 saturated carbocycles. The third-order valence-electron chi connectivity index (χ3n) is 2.14. The summed E-state index contributed by atoms with van der Waals surface area (Å²) in [5, 5.41) is 2.50. The van der Waals surface area contributed by atoms with Crippen molar-refractivity contribution in [2.45, 2.75) is 12.6 Å². The van der Waals surface area contributed by atoms with Crippen molar-refractivity contribution >= 4 is 17.0 Å². The minimum atomic E-state index is -4.20. The number of rotatable bonds is 3. The number of halogens is 4. The van der Waals surface area contributed by atoms with E-state index in [1.54, 1.807) is 0 Å². The van der Waals surface area contributed by atoms with Crippen molar-refractivity contribution < 1.29 is 17.6 Å². The van der Waals surface area contributed by atoms with Crippen LogP contribution in [0.2, 0.25) is 0 Å². The summed E-state index contributed by atoms with van der Waals surface area (Å²) in [6.07, 6.45) is -5.15. The molecule has 0 unspecified atom stereocenters. The number of hydrogen-bond acceptors (Lipinski definition) is 2. The maximum Gasteiger partial charge on any atom is 0.390 e. The Labute approximate surface area is 93.8 Å². The Morgan fingerprint density at radius 3 is 2.76 bits per heavy atom. The zero-order chi connectivity index (χ0) is 12.5. The van der Waals surface area contributed by atoms with Crippen LogP contribution in [0.25, 0.3) is 11.0 Å². The molecule has 1 heterocycles. The Bertz CT molecular complexity index is 518. The van der Waals surface area contributed by atoms with Crippen molar-refractivity contribution in [2.75, 3.05) is 11.9 Å². The maximum atomic E-state index is 12.8. The Morgan fingerprint density at radius 2 is 2.06 bits per heavy atom. The van der Waals surface area contributed by atoms with Crippen LogP contribution < -0.4 is 5.32 Å². The summed E-state index contributed by atoms with van der Waals surface area (Å²) in [6.45, 7) is -0.272. The quantitative estimate of drug-likeness (QED) is 0.818. The van der Waals surface area contributed by atoms with Gasteiger partial charge >= 0.3 is 6.18 Å². The largest absolute Gasteiger partial charge is 0.390 e. The maximum absolute atomic E-state index is 12.8. The highest BCUT2D eigenvalue weighted by Crippen LogP contribution is 2.20. The molecule has 0 aliphatic heterocycles. The number of nitrogens with zero attached hydrogens (tertiary/aromatic N) is 1. The molecule has 0 saturated heterocycles. The van der Waals surface area contributed by atoms with Crippen LogP contribution in [0.15, 0.2) is 18.2 Å². The van der Waals surface area contributed by atoms with Crippen LogP contribution in [0.3, 0.4) is 0 Å². The van der Waals surface area contributed by atoms with Crippen LogP contribution >= 0.6 is 0 Å². The van der Waals surface area contributed by atoms with Gasteiger partial charge in [-0.25, -0.2) is 9.37 Å². The Kier molecular flexibility index (Phi) is 2.91. The van der Waals surface area contributed by atoms with Crippen molar-refractivity contribution in [3.05, 3.63) is 24.0 Å². The molecule has 0 atom stereocenters. The van der Waals surface area contributed by atoms with Gasteiger partial charge in [-0.3, -0.25) is 0 Å². The van der Waals surface area contributed by atoms with Gasteiger partial charge in [-0.1, -0.05) is 0 Å². The number of fused-ring (bicyclic) bond motifs is 1. The number of hydrogen-bond donors (Lipinski definition) is 2. The standard InChI is InChI=1S/C10H9F4N3/c11-6-1-2-7-8(5-6)17-9(16-7)15-4-3-10(12,13)14/h1-2,5H,3-4H2,(H2,15,16,17). The highest BCUT2D eigenvalue weighted by atomic mass is 19.4. The number of benzene rings is 1. The van der Waals surface area contributed by atoms with Gasteiger partial charge in [-0.2, -0.15) is 13.2 Å². The van der Waals surface area contributed by atoms with E-state index in [1.165, 1.54) is 18.2 Å². The lowest BCUT2D eigenvalue weighted by molar-refractivity contribution is -0.131. The average Bonchev–Trinajstić information content (AvgIpc) is 2.57. The second-order valence-corrected chi connectivity index (χ2v) is 3.54. The summed E-state index contributed by atoms with van der Waals surface area (Å²) >= 11 is 0. The third-order valence-corrected chi connectivity index (χ3v) is 2.14. The number of anilines is 1. The topological polar surface area (TPSA) is 40.7 Å². The van der Waals surface area contributed by atoms with E-state index in [2.05, 4.69) is 15.3 Å². The number of alkyl halides is 3. The molecule has 0 spiro atoms. The van der Waals surface area contributed by atoms with Gasteiger partial charge in [-0.05, 0) is 18.2 Å². The van der Waals surface area contributed by atoms with Crippen LogP contribution in [-0.2, 0) is 0 Å². The van der Waals surface area contributed by atoms with E-state index in [1.807, 2.05) is 0 Å². The highest BCUT2D eigenvalue weighted by molar-refractivity contribution is 5.77. The molecule has 2 rings (SSSR count). The first-order valence-electron chi connectivity index (χ1n) is 4.90. The van der Waals surface area contributed by atoms with Gasteiger partial charge in [0.1, 0.15) is 5.82 Å². The van der Waals surface area contributed by atoms with E-state index in [-0.39, 0.29) is 12.5 Å². The third kappa shape index (κ3) is 3.08. The van der Waals surface area contributed by atoms with Crippen molar-refractivity contribution in [2.24, 2.45) is 0 Å². The van der Waals surface area contributed by atoms with Gasteiger partial charge in [0.25, 0.3) is 0 Å². The molecule has 0 aliphatic rings. The SMILES string of the molecule is Fc1ccc2nc(NCCC(F)(F)F)[nH]c2c1. The van der Waals surface area contributed by atoms with Gasteiger partial charge < -0.3 is 10.3 Å². The fourth-order valence-electron chi connectivity index (χ4n) is 1.39. The monoisotopic (exact) mass is 247 g/mol. The summed E-state index contributed by atoms with van der Waals surface area (Å²) in [5.74, 6) is -0.224. The van der Waals surface area contributed by atoms with Crippen LogP contribution in [0, 0.1) is 5.82 Å². The number of imidazole rings is 1. The van der Waals surface area contributed by atoms with E-state index in [9.17, 15) is 17.6 Å². The summed E-state index contributed by atoms with van der Waals surface area (Å²) < 4.78 is 48.5. The summed E-state index contributed by atoms with van der Waals surface area (Å²) in [5.41, 5.74) is 0.945. The molecule has 1 aromatic carbocycles. The molecule has 0 aliphatic carbocycles. The van der Waals surface area contributed by atoms with Gasteiger partial charge in [0.2, 0.25) is 5.95 Å². The van der Waals surface area contributed by atoms with Crippen molar-refractivity contribution in [1.29, 1.82) is 0 Å².